The Balaban J connectivity index is 1.64. The summed E-state index contributed by atoms with van der Waals surface area (Å²) in [4.78, 5) is 33.9. The highest BCUT2D eigenvalue weighted by molar-refractivity contribution is 7.98. The zero-order valence-electron chi connectivity index (χ0n) is 15.9. The standard InChI is InChI=1S/C22H18N2O3S2/c1-13-17(15-8-4-3-5-9-15)18-19(25)23-22(24-20(18)29-13)28-12-14-7-6-10-16(11-14)21(26)27-2/h3-11H,12H2,1-2H3,(H,23,24,25). The van der Waals surface area contributed by atoms with Crippen molar-refractivity contribution in [2.24, 2.45) is 0 Å². The minimum atomic E-state index is -0.368. The van der Waals surface area contributed by atoms with Gasteiger partial charge in [0.1, 0.15) is 4.83 Å². The number of aromatic nitrogens is 2. The van der Waals surface area contributed by atoms with Crippen LogP contribution in [0.5, 0.6) is 0 Å². The Bertz CT molecular complexity index is 1250. The van der Waals surface area contributed by atoms with Gasteiger partial charge in [-0.25, -0.2) is 9.78 Å². The number of thioether (sulfide) groups is 1. The van der Waals surface area contributed by atoms with E-state index in [-0.39, 0.29) is 11.5 Å². The van der Waals surface area contributed by atoms with Gasteiger partial charge in [-0.1, -0.05) is 54.2 Å². The normalized spacial score (nSPS) is 11.0. The zero-order valence-corrected chi connectivity index (χ0v) is 17.5. The number of carbonyl (C=O) groups excluding carboxylic acids is 1. The van der Waals surface area contributed by atoms with Gasteiger partial charge in [0.2, 0.25) is 0 Å². The fourth-order valence-corrected chi connectivity index (χ4v) is 5.08. The fraction of sp³-hybridized carbons (Fsp3) is 0.136. The number of aryl methyl sites for hydroxylation is 1. The number of hydrogen-bond donors (Lipinski definition) is 1. The maximum Gasteiger partial charge on any atom is 0.337 e. The van der Waals surface area contributed by atoms with Crippen LogP contribution in [0.3, 0.4) is 0 Å². The highest BCUT2D eigenvalue weighted by atomic mass is 32.2. The highest BCUT2D eigenvalue weighted by Crippen LogP contribution is 2.36. The number of hydrogen-bond acceptors (Lipinski definition) is 6. The first-order valence-corrected chi connectivity index (χ1v) is 10.8. The van der Waals surface area contributed by atoms with E-state index >= 15 is 0 Å². The third kappa shape index (κ3) is 3.97. The van der Waals surface area contributed by atoms with E-state index in [1.165, 1.54) is 30.2 Å². The summed E-state index contributed by atoms with van der Waals surface area (Å²) in [7, 11) is 1.36. The predicted molar refractivity (Wildman–Crippen MR) is 118 cm³/mol. The molecule has 0 saturated carbocycles. The Kier molecular flexibility index (Phi) is 5.51. The van der Waals surface area contributed by atoms with Crippen LogP contribution in [0.2, 0.25) is 0 Å². The number of esters is 1. The van der Waals surface area contributed by atoms with Crippen LogP contribution >= 0.6 is 23.1 Å². The van der Waals surface area contributed by atoms with Gasteiger partial charge >= 0.3 is 5.97 Å². The molecule has 29 heavy (non-hydrogen) atoms. The van der Waals surface area contributed by atoms with E-state index in [0.717, 1.165) is 26.4 Å². The molecule has 2 heterocycles. The molecule has 0 aliphatic carbocycles. The van der Waals surface area contributed by atoms with Crippen LogP contribution in [-0.2, 0) is 10.5 Å². The molecule has 2 aromatic heterocycles. The smallest absolute Gasteiger partial charge is 0.337 e. The van der Waals surface area contributed by atoms with Crippen molar-refractivity contribution in [2.45, 2.75) is 17.8 Å². The van der Waals surface area contributed by atoms with Gasteiger partial charge < -0.3 is 9.72 Å². The largest absolute Gasteiger partial charge is 0.465 e. The molecule has 0 spiro atoms. The number of fused-ring (bicyclic) bond motifs is 1. The topological polar surface area (TPSA) is 72.0 Å². The average molecular weight is 423 g/mol. The van der Waals surface area contributed by atoms with Crippen molar-refractivity contribution in [1.29, 1.82) is 0 Å². The zero-order chi connectivity index (χ0) is 20.4. The van der Waals surface area contributed by atoms with Gasteiger partial charge in [-0.2, -0.15) is 0 Å². The lowest BCUT2D eigenvalue weighted by atomic mass is 10.0. The number of nitrogens with zero attached hydrogens (tertiary/aromatic N) is 1. The maximum absolute atomic E-state index is 12.8. The second-order valence-corrected chi connectivity index (χ2v) is 8.60. The van der Waals surface area contributed by atoms with Gasteiger partial charge in [0, 0.05) is 16.2 Å². The molecule has 0 amide bonds. The maximum atomic E-state index is 12.8. The molecular formula is C22H18N2O3S2. The van der Waals surface area contributed by atoms with Crippen LogP contribution < -0.4 is 5.56 Å². The van der Waals surface area contributed by atoms with Crippen molar-refractivity contribution in [3.63, 3.8) is 0 Å². The van der Waals surface area contributed by atoms with E-state index in [1.807, 2.05) is 49.4 Å². The summed E-state index contributed by atoms with van der Waals surface area (Å²) in [6.45, 7) is 2.01. The molecule has 5 nitrogen and oxygen atoms in total. The number of carbonyl (C=O) groups is 1. The number of aromatic amines is 1. The summed E-state index contributed by atoms with van der Waals surface area (Å²) in [6.07, 6.45) is 0. The number of methoxy groups -OCH3 is 1. The first kappa shape index (κ1) is 19.4. The Morgan fingerprint density at radius 1 is 1.17 bits per heavy atom. The Labute approximate surface area is 175 Å². The van der Waals surface area contributed by atoms with E-state index in [9.17, 15) is 9.59 Å². The summed E-state index contributed by atoms with van der Waals surface area (Å²) >= 11 is 2.96. The van der Waals surface area contributed by atoms with E-state index in [0.29, 0.717) is 21.9 Å². The molecule has 0 bridgehead atoms. The summed E-state index contributed by atoms with van der Waals surface area (Å²) in [5.41, 5.74) is 3.28. The summed E-state index contributed by atoms with van der Waals surface area (Å²) in [5.74, 6) is 0.210. The number of H-pyrrole nitrogens is 1. The van der Waals surface area contributed by atoms with Gasteiger partial charge in [0.05, 0.1) is 18.1 Å². The van der Waals surface area contributed by atoms with Gasteiger partial charge in [-0.15, -0.1) is 11.3 Å². The van der Waals surface area contributed by atoms with Gasteiger partial charge in [0.15, 0.2) is 5.16 Å². The van der Waals surface area contributed by atoms with Crippen LogP contribution in [0.15, 0.2) is 64.5 Å². The summed E-state index contributed by atoms with van der Waals surface area (Å²) in [6, 6.07) is 17.1. The fourth-order valence-electron chi connectivity index (χ4n) is 3.18. The van der Waals surface area contributed by atoms with E-state index < -0.39 is 0 Å². The summed E-state index contributed by atoms with van der Waals surface area (Å²) in [5, 5.41) is 1.20. The van der Waals surface area contributed by atoms with Crippen molar-refractivity contribution in [1.82, 2.24) is 9.97 Å². The van der Waals surface area contributed by atoms with E-state index in [1.54, 1.807) is 12.1 Å². The number of nitrogens with one attached hydrogen (secondary N) is 1. The molecule has 0 atom stereocenters. The Morgan fingerprint density at radius 2 is 1.97 bits per heavy atom. The lowest BCUT2D eigenvalue weighted by Gasteiger charge is -2.05. The Morgan fingerprint density at radius 3 is 2.72 bits per heavy atom. The molecule has 0 unspecified atom stereocenters. The first-order valence-electron chi connectivity index (χ1n) is 8.95. The van der Waals surface area contributed by atoms with Gasteiger partial charge in [0.25, 0.3) is 5.56 Å². The molecular weight excluding hydrogens is 404 g/mol. The molecule has 0 aliphatic rings. The predicted octanol–water partition coefficient (Wildman–Crippen LogP) is 5.04. The van der Waals surface area contributed by atoms with E-state index in [2.05, 4.69) is 9.97 Å². The quantitative estimate of drug-likeness (QED) is 0.277. The average Bonchev–Trinajstić information content (AvgIpc) is 3.08. The molecule has 0 aliphatic heterocycles. The SMILES string of the molecule is COC(=O)c1cccc(CSc2nc3sc(C)c(-c4ccccc4)c3c(=O)[nH]2)c1. The van der Waals surface area contributed by atoms with Crippen LogP contribution in [0, 0.1) is 6.92 Å². The number of ether oxygens (including phenoxy) is 1. The van der Waals surface area contributed by atoms with Gasteiger partial charge in [-0.3, -0.25) is 4.79 Å². The monoisotopic (exact) mass is 422 g/mol. The van der Waals surface area contributed by atoms with Crippen molar-refractivity contribution < 1.29 is 9.53 Å². The molecule has 0 saturated heterocycles. The van der Waals surface area contributed by atoms with Crippen molar-refractivity contribution >= 4 is 39.3 Å². The molecule has 4 aromatic rings. The molecule has 146 valence electrons. The van der Waals surface area contributed by atoms with Crippen molar-refractivity contribution in [2.75, 3.05) is 7.11 Å². The van der Waals surface area contributed by atoms with E-state index in [4.69, 9.17) is 4.74 Å². The second kappa shape index (κ2) is 8.23. The lowest BCUT2D eigenvalue weighted by Crippen LogP contribution is -2.08. The Hall–Kier alpha value is -2.90. The number of benzene rings is 2. The molecule has 0 fully saturated rings. The number of thiophene rings is 1. The highest BCUT2D eigenvalue weighted by Gasteiger charge is 2.16. The van der Waals surface area contributed by atoms with Crippen molar-refractivity contribution in [3.05, 3.63) is 81.0 Å². The van der Waals surface area contributed by atoms with Crippen LogP contribution in [0.4, 0.5) is 0 Å². The van der Waals surface area contributed by atoms with Crippen LogP contribution in [0.25, 0.3) is 21.3 Å². The van der Waals surface area contributed by atoms with Crippen molar-refractivity contribution in [3.8, 4) is 11.1 Å². The number of rotatable bonds is 5. The lowest BCUT2D eigenvalue weighted by molar-refractivity contribution is 0.0600. The van der Waals surface area contributed by atoms with Crippen LogP contribution in [0.1, 0.15) is 20.8 Å². The summed E-state index contributed by atoms with van der Waals surface area (Å²) < 4.78 is 4.76. The minimum Gasteiger partial charge on any atom is -0.465 e. The molecule has 1 N–H and O–H groups in total. The minimum absolute atomic E-state index is 0.135. The molecule has 7 heteroatoms. The first-order chi connectivity index (χ1) is 14.1. The second-order valence-electron chi connectivity index (χ2n) is 6.43. The molecule has 4 rings (SSSR count). The third-order valence-corrected chi connectivity index (χ3v) is 6.45. The third-order valence-electron chi connectivity index (χ3n) is 4.50. The van der Waals surface area contributed by atoms with Crippen LogP contribution in [-0.4, -0.2) is 23.0 Å². The molecule has 2 aromatic carbocycles. The molecule has 0 radical (unpaired) electrons. The van der Waals surface area contributed by atoms with Gasteiger partial charge in [-0.05, 0) is 30.2 Å².